The summed E-state index contributed by atoms with van der Waals surface area (Å²) in [5.41, 5.74) is 13.2. The van der Waals surface area contributed by atoms with Crippen LogP contribution in [0.3, 0.4) is 0 Å². The van der Waals surface area contributed by atoms with E-state index in [1.807, 2.05) is 42.3 Å². The Morgan fingerprint density at radius 3 is 2.52 bits per heavy atom. The molecule has 0 saturated heterocycles. The van der Waals surface area contributed by atoms with Gasteiger partial charge in [-0.05, 0) is 24.3 Å². The predicted octanol–water partition coefficient (Wildman–Crippen LogP) is 1.98. The van der Waals surface area contributed by atoms with Crippen molar-refractivity contribution in [1.82, 2.24) is 20.4 Å². The van der Waals surface area contributed by atoms with Crippen molar-refractivity contribution in [2.24, 2.45) is 0 Å². The van der Waals surface area contributed by atoms with Crippen molar-refractivity contribution in [3.05, 3.63) is 66.7 Å². The lowest BCUT2D eigenvalue weighted by Crippen LogP contribution is -2.30. The van der Waals surface area contributed by atoms with Gasteiger partial charge in [0.05, 0.1) is 0 Å². The molecule has 3 rings (SSSR count). The van der Waals surface area contributed by atoms with Gasteiger partial charge in [-0.25, -0.2) is 9.97 Å². The molecule has 0 aliphatic carbocycles. The number of hydrogen-bond acceptors (Lipinski definition) is 7. The Morgan fingerprint density at radius 2 is 1.80 bits per heavy atom. The van der Waals surface area contributed by atoms with Crippen molar-refractivity contribution >= 4 is 28.9 Å². The van der Waals surface area contributed by atoms with Gasteiger partial charge in [0, 0.05) is 30.7 Å². The molecule has 2 aromatic heterocycles. The first kappa shape index (κ1) is 16.2. The number of aromatic nitrogens is 3. The van der Waals surface area contributed by atoms with Crippen LogP contribution in [-0.2, 0) is 0 Å². The molecule has 0 aliphatic rings. The Bertz CT molecular complexity index is 855. The second kappa shape index (κ2) is 7.26. The summed E-state index contributed by atoms with van der Waals surface area (Å²) in [7, 11) is 1.85. The molecule has 126 valence electrons. The first-order valence-corrected chi connectivity index (χ1v) is 7.52. The highest BCUT2D eigenvalue weighted by Crippen LogP contribution is 2.29. The number of carbonyl (C=O) groups excluding carboxylic acids is 1. The van der Waals surface area contributed by atoms with Gasteiger partial charge in [0.2, 0.25) is 0 Å². The van der Waals surface area contributed by atoms with Gasteiger partial charge < -0.3 is 10.6 Å². The Morgan fingerprint density at radius 1 is 1.08 bits per heavy atom. The van der Waals surface area contributed by atoms with E-state index in [0.29, 0.717) is 22.9 Å². The fourth-order valence-corrected chi connectivity index (χ4v) is 2.22. The van der Waals surface area contributed by atoms with Crippen LogP contribution in [0, 0.1) is 0 Å². The fraction of sp³-hybridized carbons (Fsp3) is 0.0588. The van der Waals surface area contributed by atoms with E-state index >= 15 is 0 Å². The molecule has 2 heterocycles. The molecule has 1 amide bonds. The number of carbonyl (C=O) groups is 1. The summed E-state index contributed by atoms with van der Waals surface area (Å²) < 4.78 is 0. The monoisotopic (exact) mass is 335 g/mol. The zero-order valence-electron chi connectivity index (χ0n) is 13.5. The third-order valence-corrected chi connectivity index (χ3v) is 3.56. The zero-order valence-corrected chi connectivity index (χ0v) is 13.5. The van der Waals surface area contributed by atoms with E-state index in [1.54, 1.807) is 24.5 Å². The van der Waals surface area contributed by atoms with Crippen molar-refractivity contribution in [1.29, 1.82) is 0 Å². The highest BCUT2D eigenvalue weighted by molar-refractivity contribution is 5.95. The molecule has 8 heteroatoms. The van der Waals surface area contributed by atoms with E-state index in [2.05, 4.69) is 25.8 Å². The number of nitrogens with zero attached hydrogens (tertiary/aromatic N) is 4. The van der Waals surface area contributed by atoms with E-state index in [1.165, 1.54) is 6.33 Å². The fourth-order valence-electron chi connectivity index (χ4n) is 2.22. The number of nitrogens with two attached hydrogens (primary N) is 1. The number of rotatable bonds is 5. The number of para-hydroxylation sites is 1. The van der Waals surface area contributed by atoms with Crippen molar-refractivity contribution in [3.8, 4) is 0 Å². The van der Waals surface area contributed by atoms with Crippen LogP contribution in [0.25, 0.3) is 0 Å². The maximum Gasteiger partial charge on any atom is 0.269 e. The third-order valence-electron chi connectivity index (χ3n) is 3.56. The molecule has 0 fully saturated rings. The van der Waals surface area contributed by atoms with Gasteiger partial charge in [0.15, 0.2) is 11.6 Å². The molecular formula is C17H17N7O. The van der Waals surface area contributed by atoms with Gasteiger partial charge in [-0.2, -0.15) is 0 Å². The third kappa shape index (κ3) is 3.63. The molecule has 25 heavy (non-hydrogen) atoms. The second-order valence-electron chi connectivity index (χ2n) is 5.17. The number of nitrogens with one attached hydrogen (secondary N) is 2. The van der Waals surface area contributed by atoms with Crippen LogP contribution >= 0.6 is 0 Å². The standard InChI is InChI=1S/C17H17N7O/c1-24(13-5-3-2-4-6-13)16-14(18)15(20-11-21-16)22-23-17(25)12-7-9-19-10-8-12/h2-11H,18H2,1H3,(H,23,25)(H,20,21,22). The van der Waals surface area contributed by atoms with E-state index in [-0.39, 0.29) is 5.91 Å². The van der Waals surface area contributed by atoms with Gasteiger partial charge in [-0.15, -0.1) is 0 Å². The topological polar surface area (TPSA) is 109 Å². The lowest BCUT2D eigenvalue weighted by atomic mass is 10.2. The molecule has 3 aromatic rings. The summed E-state index contributed by atoms with van der Waals surface area (Å²) in [5.74, 6) is 0.524. The second-order valence-corrected chi connectivity index (χ2v) is 5.17. The van der Waals surface area contributed by atoms with Gasteiger partial charge >= 0.3 is 0 Å². The molecule has 0 radical (unpaired) electrons. The molecule has 1 aromatic carbocycles. The molecule has 0 spiro atoms. The maximum absolute atomic E-state index is 12.1. The van der Waals surface area contributed by atoms with E-state index < -0.39 is 0 Å². The summed E-state index contributed by atoms with van der Waals surface area (Å²) in [6.45, 7) is 0. The molecule has 0 atom stereocenters. The van der Waals surface area contributed by atoms with E-state index in [9.17, 15) is 4.79 Å². The molecule has 8 nitrogen and oxygen atoms in total. The average molecular weight is 335 g/mol. The van der Waals surface area contributed by atoms with Crippen LogP contribution in [0.5, 0.6) is 0 Å². The zero-order chi connectivity index (χ0) is 17.6. The van der Waals surface area contributed by atoms with Crippen molar-refractivity contribution in [2.75, 3.05) is 23.1 Å². The summed E-state index contributed by atoms with van der Waals surface area (Å²) in [6, 6.07) is 12.9. The van der Waals surface area contributed by atoms with Crippen molar-refractivity contribution in [3.63, 3.8) is 0 Å². The van der Waals surface area contributed by atoms with Crippen LogP contribution in [-0.4, -0.2) is 27.9 Å². The van der Waals surface area contributed by atoms with E-state index in [4.69, 9.17) is 5.73 Å². The average Bonchev–Trinajstić information content (AvgIpc) is 2.68. The van der Waals surface area contributed by atoms with Crippen LogP contribution < -0.4 is 21.5 Å². The smallest absolute Gasteiger partial charge is 0.269 e. The Hall–Kier alpha value is -3.68. The summed E-state index contributed by atoms with van der Waals surface area (Å²) in [6.07, 6.45) is 4.47. The van der Waals surface area contributed by atoms with E-state index in [0.717, 1.165) is 5.69 Å². The van der Waals surface area contributed by atoms with Gasteiger partial charge in [-0.1, -0.05) is 18.2 Å². The first-order chi connectivity index (χ1) is 12.2. The highest BCUT2D eigenvalue weighted by Gasteiger charge is 2.14. The molecule has 4 N–H and O–H groups in total. The Labute approximate surface area is 144 Å². The minimum absolute atomic E-state index is 0.315. The number of anilines is 4. The molecular weight excluding hydrogens is 318 g/mol. The number of pyridine rings is 1. The van der Waals surface area contributed by atoms with Gasteiger partial charge in [0.1, 0.15) is 12.0 Å². The Balaban J connectivity index is 1.76. The molecule has 0 bridgehead atoms. The minimum atomic E-state index is -0.321. The summed E-state index contributed by atoms with van der Waals surface area (Å²) >= 11 is 0. The highest BCUT2D eigenvalue weighted by atomic mass is 16.2. The largest absolute Gasteiger partial charge is 0.393 e. The lowest BCUT2D eigenvalue weighted by molar-refractivity contribution is 0.0962. The SMILES string of the molecule is CN(c1ccccc1)c1ncnc(NNC(=O)c2ccncc2)c1N. The van der Waals surface area contributed by atoms with Crippen molar-refractivity contribution < 1.29 is 4.79 Å². The number of benzene rings is 1. The summed E-state index contributed by atoms with van der Waals surface area (Å²) in [4.78, 5) is 26.1. The lowest BCUT2D eigenvalue weighted by Gasteiger charge is -2.21. The number of hydrazine groups is 1. The normalized spacial score (nSPS) is 10.1. The molecule has 0 saturated carbocycles. The summed E-state index contributed by atoms with van der Waals surface area (Å²) in [5, 5.41) is 0. The number of hydrogen-bond donors (Lipinski definition) is 3. The van der Waals surface area contributed by atoms with Gasteiger partial charge in [-0.3, -0.25) is 20.6 Å². The van der Waals surface area contributed by atoms with Crippen molar-refractivity contribution in [2.45, 2.75) is 0 Å². The van der Waals surface area contributed by atoms with Crippen LogP contribution in [0.15, 0.2) is 61.2 Å². The van der Waals surface area contributed by atoms with Crippen LogP contribution in [0.1, 0.15) is 10.4 Å². The number of amides is 1. The minimum Gasteiger partial charge on any atom is -0.393 e. The Kier molecular flexibility index (Phi) is 4.70. The molecule has 0 unspecified atom stereocenters. The van der Waals surface area contributed by atoms with Gasteiger partial charge in [0.25, 0.3) is 5.91 Å². The molecule has 0 aliphatic heterocycles. The van der Waals surface area contributed by atoms with Crippen LogP contribution in [0.2, 0.25) is 0 Å². The maximum atomic E-state index is 12.1. The quantitative estimate of drug-likeness (QED) is 0.612. The predicted molar refractivity (Wildman–Crippen MR) is 96.3 cm³/mol. The first-order valence-electron chi connectivity index (χ1n) is 7.52. The number of nitrogen functional groups attached to an aromatic ring is 1. The van der Waals surface area contributed by atoms with Crippen LogP contribution in [0.4, 0.5) is 23.0 Å².